The second-order valence-electron chi connectivity index (χ2n) is 6.06. The third-order valence-electron chi connectivity index (χ3n) is 4.05. The van der Waals surface area contributed by atoms with Crippen LogP contribution in [0.4, 0.5) is 5.69 Å². The van der Waals surface area contributed by atoms with Crippen LogP contribution < -0.4 is 10.6 Å². The number of aryl methyl sites for hydroxylation is 1. The van der Waals surface area contributed by atoms with Gasteiger partial charge in [-0.15, -0.1) is 0 Å². The van der Waals surface area contributed by atoms with E-state index >= 15 is 0 Å². The number of carbonyl (C=O) groups is 1. The van der Waals surface area contributed by atoms with Gasteiger partial charge in [0.05, 0.1) is 11.8 Å². The summed E-state index contributed by atoms with van der Waals surface area (Å²) in [5.74, 6) is 0.0361. The fourth-order valence-corrected chi connectivity index (χ4v) is 2.95. The lowest BCUT2D eigenvalue weighted by Gasteiger charge is -2.12. The van der Waals surface area contributed by atoms with Gasteiger partial charge in [-0.3, -0.25) is 10.1 Å². The number of amides is 1. The monoisotopic (exact) mass is 393 g/mol. The molecule has 0 aliphatic rings. The Morgan fingerprint density at radius 3 is 2.75 bits per heavy atom. The number of aromatic nitrogens is 1. The van der Waals surface area contributed by atoms with Gasteiger partial charge in [-0.05, 0) is 61.1 Å². The molecule has 3 N–H and O–H groups in total. The number of aromatic hydroxyl groups is 1. The van der Waals surface area contributed by atoms with Crippen molar-refractivity contribution >= 4 is 40.0 Å². The number of fused-ring (bicyclic) bond motifs is 1. The molecule has 0 saturated heterocycles. The highest BCUT2D eigenvalue weighted by Crippen LogP contribution is 2.36. The minimum atomic E-state index is -0.461. The van der Waals surface area contributed by atoms with Crippen LogP contribution in [-0.4, -0.2) is 21.1 Å². The van der Waals surface area contributed by atoms with Crippen molar-refractivity contribution in [2.75, 3.05) is 5.32 Å². The Morgan fingerprint density at radius 2 is 2.00 bits per heavy atom. The zero-order valence-corrected chi connectivity index (χ0v) is 15.5. The maximum absolute atomic E-state index is 12.0. The molecule has 0 fully saturated rings. The van der Waals surface area contributed by atoms with Gasteiger partial charge in [-0.1, -0.05) is 12.1 Å². The molecule has 8 heteroatoms. The van der Waals surface area contributed by atoms with Crippen LogP contribution in [0.3, 0.4) is 0 Å². The molecule has 2 heterocycles. The van der Waals surface area contributed by atoms with E-state index in [1.165, 1.54) is 12.3 Å². The van der Waals surface area contributed by atoms with E-state index in [0.29, 0.717) is 27.9 Å². The van der Waals surface area contributed by atoms with Crippen LogP contribution >= 0.6 is 12.2 Å². The Bertz CT molecular complexity index is 1150. The molecule has 0 bridgehead atoms. The van der Waals surface area contributed by atoms with Crippen molar-refractivity contribution < 1.29 is 18.7 Å². The summed E-state index contributed by atoms with van der Waals surface area (Å²) in [7, 11) is 0. The average molecular weight is 393 g/mol. The molecule has 0 aliphatic carbocycles. The molecular formula is C20H15N3O4S. The molecule has 1 amide bonds. The molecule has 7 nitrogen and oxygen atoms in total. The fraction of sp³-hybridized carbons (Fsp3) is 0.0500. The first-order chi connectivity index (χ1) is 13.5. The molecule has 2 aromatic heterocycles. The molecular weight excluding hydrogens is 378 g/mol. The van der Waals surface area contributed by atoms with E-state index in [2.05, 4.69) is 15.6 Å². The molecule has 0 saturated carbocycles. The molecule has 4 rings (SSSR count). The number of thiocarbonyl (C=S) groups is 1. The Kier molecular flexibility index (Phi) is 4.54. The van der Waals surface area contributed by atoms with Gasteiger partial charge in [0, 0.05) is 5.69 Å². The first kappa shape index (κ1) is 17.7. The number of benzene rings is 2. The van der Waals surface area contributed by atoms with Gasteiger partial charge >= 0.3 is 0 Å². The molecule has 0 radical (unpaired) electrons. The van der Waals surface area contributed by atoms with Gasteiger partial charge in [-0.25, -0.2) is 4.98 Å². The first-order valence-electron chi connectivity index (χ1n) is 8.36. The summed E-state index contributed by atoms with van der Waals surface area (Å²) in [6.45, 7) is 1.75. The van der Waals surface area contributed by atoms with E-state index in [0.717, 1.165) is 0 Å². The predicted octanol–water partition coefficient (Wildman–Crippen LogP) is 4.23. The molecule has 0 unspecified atom stereocenters. The summed E-state index contributed by atoms with van der Waals surface area (Å²) in [4.78, 5) is 16.4. The lowest BCUT2D eigenvalue weighted by atomic mass is 10.1. The van der Waals surface area contributed by atoms with E-state index in [9.17, 15) is 9.90 Å². The second kappa shape index (κ2) is 7.16. The summed E-state index contributed by atoms with van der Waals surface area (Å²) in [6.07, 6.45) is 1.40. The number of phenols is 1. The van der Waals surface area contributed by atoms with Gasteiger partial charge in [0.2, 0.25) is 5.89 Å². The van der Waals surface area contributed by atoms with Crippen LogP contribution in [-0.2, 0) is 0 Å². The lowest BCUT2D eigenvalue weighted by molar-refractivity contribution is 0.0950. The number of hydrogen-bond donors (Lipinski definition) is 3. The minimum absolute atomic E-state index is 0.0580. The van der Waals surface area contributed by atoms with Crippen molar-refractivity contribution in [3.63, 3.8) is 0 Å². The Morgan fingerprint density at radius 1 is 1.18 bits per heavy atom. The van der Waals surface area contributed by atoms with E-state index < -0.39 is 5.91 Å². The third-order valence-corrected chi connectivity index (χ3v) is 4.26. The Hall–Kier alpha value is -3.65. The molecule has 0 atom stereocenters. The number of anilines is 1. The SMILES string of the molecule is Cc1cc(NC(=S)NC(=O)c2ccco2)cc(-c2nc3ccccc3o2)c1O. The molecule has 28 heavy (non-hydrogen) atoms. The van der Waals surface area contributed by atoms with Gasteiger partial charge < -0.3 is 19.3 Å². The van der Waals surface area contributed by atoms with Crippen molar-refractivity contribution in [3.8, 4) is 17.2 Å². The number of para-hydroxylation sites is 2. The number of carbonyl (C=O) groups excluding carboxylic acids is 1. The van der Waals surface area contributed by atoms with Crippen molar-refractivity contribution in [2.24, 2.45) is 0 Å². The van der Waals surface area contributed by atoms with Gasteiger partial charge in [0.15, 0.2) is 16.5 Å². The topological polar surface area (TPSA) is 101 Å². The van der Waals surface area contributed by atoms with E-state index in [1.54, 1.807) is 31.2 Å². The number of hydrogen-bond acceptors (Lipinski definition) is 6. The number of nitrogens with one attached hydrogen (secondary N) is 2. The van der Waals surface area contributed by atoms with Crippen LogP contribution in [0.25, 0.3) is 22.6 Å². The number of nitrogens with zero attached hydrogens (tertiary/aromatic N) is 1. The van der Waals surface area contributed by atoms with Crippen molar-refractivity contribution in [2.45, 2.75) is 6.92 Å². The van der Waals surface area contributed by atoms with Crippen LogP contribution in [0, 0.1) is 6.92 Å². The van der Waals surface area contributed by atoms with E-state index in [-0.39, 0.29) is 22.5 Å². The highest BCUT2D eigenvalue weighted by Gasteiger charge is 2.16. The predicted molar refractivity (Wildman–Crippen MR) is 108 cm³/mol. The van der Waals surface area contributed by atoms with Gasteiger partial charge in [0.1, 0.15) is 11.3 Å². The zero-order valence-electron chi connectivity index (χ0n) is 14.7. The van der Waals surface area contributed by atoms with Gasteiger partial charge in [-0.2, -0.15) is 0 Å². The number of furan rings is 1. The van der Waals surface area contributed by atoms with Crippen molar-refractivity contribution in [1.82, 2.24) is 10.3 Å². The highest BCUT2D eigenvalue weighted by atomic mass is 32.1. The van der Waals surface area contributed by atoms with Crippen molar-refractivity contribution in [3.05, 3.63) is 66.1 Å². The zero-order chi connectivity index (χ0) is 19.7. The number of phenolic OH excluding ortho intramolecular Hbond substituents is 1. The van der Waals surface area contributed by atoms with Crippen molar-refractivity contribution in [1.29, 1.82) is 0 Å². The summed E-state index contributed by atoms with van der Waals surface area (Å²) < 4.78 is 10.8. The maximum Gasteiger partial charge on any atom is 0.293 e. The van der Waals surface area contributed by atoms with Crippen LogP contribution in [0.5, 0.6) is 5.75 Å². The molecule has 140 valence electrons. The number of oxazole rings is 1. The third kappa shape index (κ3) is 3.45. The minimum Gasteiger partial charge on any atom is -0.507 e. The first-order valence-corrected chi connectivity index (χ1v) is 8.77. The Balaban J connectivity index is 1.60. The summed E-state index contributed by atoms with van der Waals surface area (Å²) in [6, 6.07) is 13.8. The molecule has 2 aromatic carbocycles. The normalized spacial score (nSPS) is 10.8. The number of rotatable bonds is 3. The summed E-state index contributed by atoms with van der Waals surface area (Å²) in [5.41, 5.74) is 2.89. The second-order valence-corrected chi connectivity index (χ2v) is 6.47. The maximum atomic E-state index is 12.0. The largest absolute Gasteiger partial charge is 0.507 e. The summed E-state index contributed by atoms with van der Waals surface area (Å²) >= 11 is 5.19. The van der Waals surface area contributed by atoms with E-state index in [4.69, 9.17) is 21.1 Å². The van der Waals surface area contributed by atoms with Crippen LogP contribution in [0.1, 0.15) is 16.1 Å². The molecule has 0 spiro atoms. The van der Waals surface area contributed by atoms with Crippen LogP contribution in [0.2, 0.25) is 0 Å². The quantitative estimate of drug-likeness (QED) is 0.354. The van der Waals surface area contributed by atoms with E-state index in [1.807, 2.05) is 18.2 Å². The highest BCUT2D eigenvalue weighted by molar-refractivity contribution is 7.80. The van der Waals surface area contributed by atoms with Crippen LogP contribution in [0.15, 0.2) is 63.6 Å². The molecule has 4 aromatic rings. The average Bonchev–Trinajstić information content (AvgIpc) is 3.33. The van der Waals surface area contributed by atoms with Gasteiger partial charge in [0.25, 0.3) is 5.91 Å². The summed E-state index contributed by atoms with van der Waals surface area (Å²) in [5, 5.41) is 16.0. The fourth-order valence-electron chi connectivity index (χ4n) is 2.74. The smallest absolute Gasteiger partial charge is 0.293 e. The lowest BCUT2D eigenvalue weighted by Crippen LogP contribution is -2.33. The standard InChI is InChI=1S/C20H15N3O4S/c1-11-9-12(21-20(28)23-18(25)16-7-4-8-26-16)10-13(17(11)24)19-22-14-5-2-3-6-15(14)27-19/h2-10,24H,1H3,(H2,21,23,25,28). The molecule has 0 aliphatic heterocycles. The Labute approximate surface area is 165 Å².